The lowest BCUT2D eigenvalue weighted by Gasteiger charge is -2.09. The van der Waals surface area contributed by atoms with Gasteiger partial charge in [0.2, 0.25) is 0 Å². The van der Waals surface area contributed by atoms with Crippen molar-refractivity contribution in [1.82, 2.24) is 0 Å². The fourth-order valence-corrected chi connectivity index (χ4v) is 3.88. The summed E-state index contributed by atoms with van der Waals surface area (Å²) in [4.78, 5) is 2.43. The molecular formula is C15H15Br2NS. The number of hydrogen-bond donors (Lipinski definition) is 1. The van der Waals surface area contributed by atoms with E-state index in [2.05, 4.69) is 62.2 Å². The maximum absolute atomic E-state index is 5.83. The number of nitrogens with two attached hydrogens (primary N) is 1. The molecule has 2 aromatic rings. The summed E-state index contributed by atoms with van der Waals surface area (Å²) >= 11 is 8.88. The molecule has 0 bridgehead atoms. The van der Waals surface area contributed by atoms with Gasteiger partial charge in [0.05, 0.1) is 0 Å². The molecule has 1 atom stereocenters. The monoisotopic (exact) mass is 399 g/mol. The summed E-state index contributed by atoms with van der Waals surface area (Å²) in [6, 6.07) is 14.9. The second-order valence-electron chi connectivity index (χ2n) is 4.51. The van der Waals surface area contributed by atoms with E-state index < -0.39 is 0 Å². The molecule has 0 saturated carbocycles. The quantitative estimate of drug-likeness (QED) is 0.757. The molecule has 0 aromatic heterocycles. The molecular weight excluding hydrogens is 386 g/mol. The van der Waals surface area contributed by atoms with Crippen molar-refractivity contribution in [2.75, 3.05) is 0 Å². The van der Waals surface area contributed by atoms with Gasteiger partial charge in [-0.2, -0.15) is 0 Å². The molecule has 2 N–H and O–H groups in total. The molecule has 4 heteroatoms. The van der Waals surface area contributed by atoms with Gasteiger partial charge in [-0.3, -0.25) is 0 Å². The van der Waals surface area contributed by atoms with E-state index in [1.807, 2.05) is 19.1 Å². The molecule has 0 spiro atoms. The lowest BCUT2D eigenvalue weighted by atomic mass is 10.1. The van der Waals surface area contributed by atoms with E-state index >= 15 is 0 Å². The molecule has 0 aliphatic rings. The van der Waals surface area contributed by atoms with Crippen molar-refractivity contribution in [3.05, 3.63) is 57.0 Å². The third-order valence-corrected chi connectivity index (χ3v) is 5.06. The first-order chi connectivity index (χ1) is 9.04. The highest BCUT2D eigenvalue weighted by atomic mass is 79.9. The lowest BCUT2D eigenvalue weighted by molar-refractivity contribution is 0.737. The minimum absolute atomic E-state index is 0.190. The van der Waals surface area contributed by atoms with Gasteiger partial charge >= 0.3 is 0 Å². The molecule has 0 aliphatic carbocycles. The predicted octanol–water partition coefficient (Wildman–Crippen LogP) is 5.25. The summed E-state index contributed by atoms with van der Waals surface area (Å²) in [5.74, 6) is 0. The Morgan fingerprint density at radius 1 is 1.16 bits per heavy atom. The van der Waals surface area contributed by atoms with Crippen molar-refractivity contribution in [3.63, 3.8) is 0 Å². The van der Waals surface area contributed by atoms with E-state index in [-0.39, 0.29) is 6.04 Å². The molecule has 19 heavy (non-hydrogen) atoms. The Morgan fingerprint density at radius 3 is 2.58 bits per heavy atom. The first kappa shape index (κ1) is 15.1. The van der Waals surface area contributed by atoms with Gasteiger partial charge in [-0.1, -0.05) is 39.8 Å². The molecule has 1 unspecified atom stereocenters. The average molecular weight is 401 g/mol. The molecule has 0 saturated heterocycles. The number of rotatable bonds is 4. The number of halogens is 2. The molecule has 0 amide bonds. The Bertz CT molecular complexity index is 570. The van der Waals surface area contributed by atoms with Crippen LogP contribution in [0.4, 0.5) is 0 Å². The van der Waals surface area contributed by atoms with E-state index in [1.54, 1.807) is 11.8 Å². The molecule has 0 heterocycles. The summed E-state index contributed by atoms with van der Waals surface area (Å²) in [6.45, 7) is 2.03. The molecule has 0 aliphatic heterocycles. The maximum Gasteiger partial charge on any atom is 0.0317 e. The van der Waals surface area contributed by atoms with Crippen molar-refractivity contribution in [3.8, 4) is 0 Å². The zero-order valence-electron chi connectivity index (χ0n) is 10.6. The molecule has 100 valence electrons. The third kappa shape index (κ3) is 4.63. The van der Waals surface area contributed by atoms with Crippen LogP contribution in [0.1, 0.15) is 12.5 Å². The van der Waals surface area contributed by atoms with Gasteiger partial charge in [-0.15, -0.1) is 0 Å². The van der Waals surface area contributed by atoms with Crippen molar-refractivity contribution < 1.29 is 0 Å². The summed E-state index contributed by atoms with van der Waals surface area (Å²) in [6.07, 6.45) is 0.903. The van der Waals surface area contributed by atoms with Crippen LogP contribution < -0.4 is 5.73 Å². The van der Waals surface area contributed by atoms with Gasteiger partial charge in [-0.25, -0.2) is 0 Å². The van der Waals surface area contributed by atoms with Gasteiger partial charge in [0.1, 0.15) is 0 Å². The zero-order valence-corrected chi connectivity index (χ0v) is 14.6. The van der Waals surface area contributed by atoms with Crippen LogP contribution in [0.25, 0.3) is 0 Å². The zero-order chi connectivity index (χ0) is 13.8. The molecule has 1 nitrogen and oxygen atoms in total. The molecule has 0 radical (unpaired) electrons. The standard InChI is InChI=1S/C15H15Br2NS/c1-10(18)7-11-5-6-15(14(17)8-11)19-13-4-2-3-12(16)9-13/h2-6,8-10H,7,18H2,1H3. The van der Waals surface area contributed by atoms with Crippen LogP contribution in [0.15, 0.2) is 61.2 Å². The van der Waals surface area contributed by atoms with E-state index in [4.69, 9.17) is 5.73 Å². The smallest absolute Gasteiger partial charge is 0.0317 e. The van der Waals surface area contributed by atoms with Gasteiger partial charge in [0, 0.05) is 24.8 Å². The second kappa shape index (κ2) is 6.93. The highest BCUT2D eigenvalue weighted by Gasteiger charge is 2.05. The summed E-state index contributed by atoms with van der Waals surface area (Å²) < 4.78 is 2.22. The SMILES string of the molecule is CC(N)Cc1ccc(Sc2cccc(Br)c2)c(Br)c1. The second-order valence-corrected chi connectivity index (χ2v) is 7.39. The van der Waals surface area contributed by atoms with Crippen molar-refractivity contribution >= 4 is 43.6 Å². The van der Waals surface area contributed by atoms with Crippen LogP contribution in [0.3, 0.4) is 0 Å². The Labute approximate surface area is 135 Å². The van der Waals surface area contributed by atoms with Crippen molar-refractivity contribution in [1.29, 1.82) is 0 Å². The van der Waals surface area contributed by atoms with Gasteiger partial charge in [0.25, 0.3) is 0 Å². The summed E-state index contributed by atoms with van der Waals surface area (Å²) in [5, 5.41) is 0. The van der Waals surface area contributed by atoms with Crippen LogP contribution in [-0.4, -0.2) is 6.04 Å². The van der Waals surface area contributed by atoms with Gasteiger partial charge in [-0.05, 0) is 65.2 Å². The lowest BCUT2D eigenvalue weighted by Crippen LogP contribution is -2.17. The van der Waals surface area contributed by atoms with Gasteiger partial charge < -0.3 is 5.73 Å². The average Bonchev–Trinajstić information content (AvgIpc) is 2.32. The van der Waals surface area contributed by atoms with Crippen LogP contribution in [0.2, 0.25) is 0 Å². The number of hydrogen-bond acceptors (Lipinski definition) is 2. The topological polar surface area (TPSA) is 26.0 Å². The van der Waals surface area contributed by atoms with Crippen LogP contribution in [0.5, 0.6) is 0 Å². The Hall–Kier alpha value is -0.290. The Morgan fingerprint density at radius 2 is 1.95 bits per heavy atom. The highest BCUT2D eigenvalue weighted by molar-refractivity contribution is 9.10. The van der Waals surface area contributed by atoms with E-state index in [9.17, 15) is 0 Å². The predicted molar refractivity (Wildman–Crippen MR) is 89.8 cm³/mol. The van der Waals surface area contributed by atoms with Crippen molar-refractivity contribution in [2.45, 2.75) is 29.2 Å². The molecule has 0 fully saturated rings. The van der Waals surface area contributed by atoms with E-state index in [1.165, 1.54) is 15.4 Å². The first-order valence-corrected chi connectivity index (χ1v) is 8.42. The van der Waals surface area contributed by atoms with Crippen molar-refractivity contribution in [2.24, 2.45) is 5.73 Å². The maximum atomic E-state index is 5.83. The van der Waals surface area contributed by atoms with Crippen LogP contribution in [0, 0.1) is 0 Å². The third-order valence-electron chi connectivity index (χ3n) is 2.58. The van der Waals surface area contributed by atoms with Crippen LogP contribution >= 0.6 is 43.6 Å². The summed E-state index contributed by atoms with van der Waals surface area (Å²) in [5.41, 5.74) is 7.09. The van der Waals surface area contributed by atoms with Crippen LogP contribution in [-0.2, 0) is 6.42 Å². The fraction of sp³-hybridized carbons (Fsp3) is 0.200. The Kier molecular flexibility index (Phi) is 5.51. The fourth-order valence-electron chi connectivity index (χ4n) is 1.78. The molecule has 2 aromatic carbocycles. The van der Waals surface area contributed by atoms with E-state index in [0.29, 0.717) is 0 Å². The van der Waals surface area contributed by atoms with Gasteiger partial charge in [0.15, 0.2) is 0 Å². The number of benzene rings is 2. The Balaban J connectivity index is 2.17. The largest absolute Gasteiger partial charge is 0.328 e. The normalized spacial score (nSPS) is 12.4. The molecule has 2 rings (SSSR count). The highest BCUT2D eigenvalue weighted by Crippen LogP contribution is 2.35. The van der Waals surface area contributed by atoms with E-state index in [0.717, 1.165) is 15.4 Å². The summed E-state index contributed by atoms with van der Waals surface area (Å²) in [7, 11) is 0. The first-order valence-electron chi connectivity index (χ1n) is 6.02. The minimum Gasteiger partial charge on any atom is -0.328 e. The minimum atomic E-state index is 0.190.